The molecular weight excluding hydrogens is 224 g/mol. The van der Waals surface area contributed by atoms with Gasteiger partial charge in [0, 0.05) is 37.9 Å². The lowest BCUT2D eigenvalue weighted by Crippen LogP contribution is -2.58. The van der Waals surface area contributed by atoms with Gasteiger partial charge in [0.15, 0.2) is 0 Å². The third kappa shape index (κ3) is 2.71. The molecule has 0 amide bonds. The van der Waals surface area contributed by atoms with Crippen molar-refractivity contribution in [2.24, 2.45) is 0 Å². The molecule has 2 N–H and O–H groups in total. The predicted octanol–water partition coefficient (Wildman–Crippen LogP) is 1.03. The largest absolute Gasteiger partial charge is 0.314 e. The first-order chi connectivity index (χ1) is 8.66. The summed E-state index contributed by atoms with van der Waals surface area (Å²) in [6.07, 6.45) is 1.87. The zero-order valence-electron chi connectivity index (χ0n) is 11.6. The SMILES string of the molecule is CNC(c1ccccn1)C(C)(C)N1CCNCC1. The highest BCUT2D eigenvalue weighted by Crippen LogP contribution is 2.29. The lowest BCUT2D eigenvalue weighted by molar-refractivity contribution is 0.0686. The fourth-order valence-corrected chi connectivity index (χ4v) is 2.83. The Bertz CT molecular complexity index is 357. The topological polar surface area (TPSA) is 40.2 Å². The van der Waals surface area contributed by atoms with Crippen LogP contribution in [0.3, 0.4) is 0 Å². The number of hydrogen-bond donors (Lipinski definition) is 2. The number of aromatic nitrogens is 1. The van der Waals surface area contributed by atoms with E-state index in [9.17, 15) is 0 Å². The van der Waals surface area contributed by atoms with Crippen LogP contribution in [0, 0.1) is 0 Å². The first-order valence-corrected chi connectivity index (χ1v) is 6.70. The van der Waals surface area contributed by atoms with Gasteiger partial charge in [0.25, 0.3) is 0 Å². The molecule has 2 rings (SSSR count). The van der Waals surface area contributed by atoms with Gasteiger partial charge in [0.1, 0.15) is 0 Å². The Hall–Kier alpha value is -0.970. The summed E-state index contributed by atoms with van der Waals surface area (Å²) in [7, 11) is 2.02. The van der Waals surface area contributed by atoms with E-state index >= 15 is 0 Å². The second kappa shape index (κ2) is 5.78. The van der Waals surface area contributed by atoms with Crippen LogP contribution in [0.1, 0.15) is 25.6 Å². The lowest BCUT2D eigenvalue weighted by atomic mass is 9.89. The van der Waals surface area contributed by atoms with Crippen molar-refractivity contribution < 1.29 is 0 Å². The molecular formula is C14H24N4. The monoisotopic (exact) mass is 248 g/mol. The molecule has 1 unspecified atom stereocenters. The fraction of sp³-hybridized carbons (Fsp3) is 0.643. The van der Waals surface area contributed by atoms with Gasteiger partial charge in [-0.2, -0.15) is 0 Å². The molecule has 0 aromatic carbocycles. The summed E-state index contributed by atoms with van der Waals surface area (Å²) in [6, 6.07) is 6.37. The van der Waals surface area contributed by atoms with Gasteiger partial charge >= 0.3 is 0 Å². The summed E-state index contributed by atoms with van der Waals surface area (Å²) in [6.45, 7) is 8.93. The van der Waals surface area contributed by atoms with E-state index < -0.39 is 0 Å². The average Bonchev–Trinajstić information content (AvgIpc) is 2.41. The quantitative estimate of drug-likeness (QED) is 0.835. The van der Waals surface area contributed by atoms with Gasteiger partial charge in [-0.05, 0) is 33.0 Å². The van der Waals surface area contributed by atoms with E-state index in [0.29, 0.717) is 0 Å². The van der Waals surface area contributed by atoms with E-state index in [1.165, 1.54) is 0 Å². The van der Waals surface area contributed by atoms with Crippen LogP contribution < -0.4 is 10.6 Å². The van der Waals surface area contributed by atoms with E-state index in [0.717, 1.165) is 31.9 Å². The van der Waals surface area contributed by atoms with Crippen molar-refractivity contribution in [3.63, 3.8) is 0 Å². The van der Waals surface area contributed by atoms with Crippen LogP contribution in [0.4, 0.5) is 0 Å². The molecule has 0 aliphatic carbocycles. The summed E-state index contributed by atoms with van der Waals surface area (Å²) in [5.74, 6) is 0. The Balaban J connectivity index is 2.19. The van der Waals surface area contributed by atoms with Crippen molar-refractivity contribution in [3.8, 4) is 0 Å². The zero-order chi connectivity index (χ0) is 13.0. The third-order valence-corrected chi connectivity index (χ3v) is 3.91. The van der Waals surface area contributed by atoms with E-state index in [1.54, 1.807) is 0 Å². The highest BCUT2D eigenvalue weighted by atomic mass is 15.3. The number of nitrogens with zero attached hydrogens (tertiary/aromatic N) is 2. The normalized spacial score (nSPS) is 19.7. The number of rotatable bonds is 4. The highest BCUT2D eigenvalue weighted by molar-refractivity contribution is 5.14. The maximum atomic E-state index is 4.51. The minimum Gasteiger partial charge on any atom is -0.314 e. The molecule has 2 heterocycles. The van der Waals surface area contributed by atoms with Crippen LogP contribution in [0.25, 0.3) is 0 Å². The third-order valence-electron chi connectivity index (χ3n) is 3.91. The highest BCUT2D eigenvalue weighted by Gasteiger charge is 2.36. The number of pyridine rings is 1. The molecule has 1 aliphatic heterocycles. The van der Waals surface area contributed by atoms with Crippen molar-refractivity contribution in [3.05, 3.63) is 30.1 Å². The average molecular weight is 248 g/mol. The van der Waals surface area contributed by atoms with Crippen LogP contribution in [0.5, 0.6) is 0 Å². The summed E-state index contributed by atoms with van der Waals surface area (Å²) < 4.78 is 0. The van der Waals surface area contributed by atoms with Crippen molar-refractivity contribution >= 4 is 0 Å². The zero-order valence-corrected chi connectivity index (χ0v) is 11.6. The van der Waals surface area contributed by atoms with Gasteiger partial charge in [-0.15, -0.1) is 0 Å². The Morgan fingerprint density at radius 2 is 2.06 bits per heavy atom. The molecule has 0 radical (unpaired) electrons. The lowest BCUT2D eigenvalue weighted by Gasteiger charge is -2.45. The summed E-state index contributed by atoms with van der Waals surface area (Å²) in [5, 5.41) is 6.84. The molecule has 18 heavy (non-hydrogen) atoms. The number of piperazine rings is 1. The Kier molecular flexibility index (Phi) is 4.32. The maximum absolute atomic E-state index is 4.51. The smallest absolute Gasteiger partial charge is 0.0674 e. The van der Waals surface area contributed by atoms with Crippen LogP contribution in [-0.2, 0) is 0 Å². The first kappa shape index (κ1) is 13.5. The number of likely N-dealkylation sites (N-methyl/N-ethyl adjacent to an activating group) is 1. The van der Waals surface area contributed by atoms with Crippen LogP contribution in [0.2, 0.25) is 0 Å². The Morgan fingerprint density at radius 3 is 2.61 bits per heavy atom. The van der Waals surface area contributed by atoms with Crippen molar-refractivity contribution in [1.29, 1.82) is 0 Å². The summed E-state index contributed by atoms with van der Waals surface area (Å²) in [5.41, 5.74) is 1.18. The molecule has 1 aliphatic rings. The van der Waals surface area contributed by atoms with Gasteiger partial charge in [-0.1, -0.05) is 6.07 Å². The fourth-order valence-electron chi connectivity index (χ4n) is 2.83. The maximum Gasteiger partial charge on any atom is 0.0674 e. The van der Waals surface area contributed by atoms with E-state index in [1.807, 2.05) is 19.3 Å². The molecule has 1 atom stereocenters. The van der Waals surface area contributed by atoms with Crippen molar-refractivity contribution in [2.75, 3.05) is 33.2 Å². The molecule has 0 bridgehead atoms. The van der Waals surface area contributed by atoms with Gasteiger partial charge < -0.3 is 10.6 Å². The summed E-state index contributed by atoms with van der Waals surface area (Å²) in [4.78, 5) is 7.05. The second-order valence-corrected chi connectivity index (χ2v) is 5.37. The molecule has 1 aromatic rings. The van der Waals surface area contributed by atoms with Crippen LogP contribution in [0.15, 0.2) is 24.4 Å². The molecule has 4 nitrogen and oxygen atoms in total. The Labute approximate surface area is 110 Å². The van der Waals surface area contributed by atoms with Gasteiger partial charge in [-0.3, -0.25) is 9.88 Å². The Morgan fingerprint density at radius 1 is 1.33 bits per heavy atom. The minimum atomic E-state index is 0.0607. The predicted molar refractivity (Wildman–Crippen MR) is 74.6 cm³/mol. The van der Waals surface area contributed by atoms with Crippen LogP contribution in [-0.4, -0.2) is 48.6 Å². The van der Waals surface area contributed by atoms with Crippen LogP contribution >= 0.6 is 0 Å². The summed E-state index contributed by atoms with van der Waals surface area (Å²) >= 11 is 0. The molecule has 1 saturated heterocycles. The van der Waals surface area contributed by atoms with Gasteiger partial charge in [0.05, 0.1) is 11.7 Å². The van der Waals surface area contributed by atoms with Crippen molar-refractivity contribution in [2.45, 2.75) is 25.4 Å². The van der Waals surface area contributed by atoms with E-state index in [2.05, 4.69) is 46.5 Å². The molecule has 100 valence electrons. The van der Waals surface area contributed by atoms with Gasteiger partial charge in [-0.25, -0.2) is 0 Å². The number of hydrogen-bond acceptors (Lipinski definition) is 4. The number of nitrogens with one attached hydrogen (secondary N) is 2. The van der Waals surface area contributed by atoms with Crippen molar-refractivity contribution in [1.82, 2.24) is 20.5 Å². The van der Waals surface area contributed by atoms with Gasteiger partial charge in [0.2, 0.25) is 0 Å². The first-order valence-electron chi connectivity index (χ1n) is 6.70. The molecule has 4 heteroatoms. The molecule has 0 saturated carbocycles. The standard InChI is InChI=1S/C14H24N4/c1-14(2,18-10-8-16-9-11-18)13(15-3)12-6-4-5-7-17-12/h4-7,13,15-16H,8-11H2,1-3H3. The second-order valence-electron chi connectivity index (χ2n) is 5.37. The van der Waals surface area contributed by atoms with E-state index in [4.69, 9.17) is 0 Å². The molecule has 1 aromatic heterocycles. The molecule has 0 spiro atoms. The molecule has 1 fully saturated rings. The van der Waals surface area contributed by atoms with E-state index in [-0.39, 0.29) is 11.6 Å². The minimum absolute atomic E-state index is 0.0607.